The number of carbonyl (C=O) groups excluding carboxylic acids is 1. The van der Waals surface area contributed by atoms with E-state index in [1.807, 2.05) is 6.08 Å². The van der Waals surface area contributed by atoms with Crippen molar-refractivity contribution in [2.45, 2.75) is 11.3 Å². The number of nitrogens with one attached hydrogen (secondary N) is 1. The minimum Gasteiger partial charge on any atom is -0.481 e. The molecule has 0 spiro atoms. The number of hydrogen-bond donors (Lipinski definition) is 2. The Morgan fingerprint density at radius 2 is 1.83 bits per heavy atom. The zero-order chi connectivity index (χ0) is 17.6. The topological polar surface area (TPSA) is 101 Å². The molecule has 0 heterocycles. The summed E-state index contributed by atoms with van der Waals surface area (Å²) >= 11 is 0. The Hall–Kier alpha value is -2.22. The standard InChI is InChI=1S/C16H16FNO5S/c1-24(22,23)10-4-5-11(17)12(7-10)18-15(19)13-8-2-3-9(6-8)14(13)16(20)21/h2-5,7-9,13-14H,6H2,1H3,(H,18,19)(H,20,21)/t8-,9-,13+,14+/m0/s1. The fourth-order valence-electron chi connectivity index (χ4n) is 3.56. The number of carbonyl (C=O) groups is 2. The lowest BCUT2D eigenvalue weighted by molar-refractivity contribution is -0.146. The summed E-state index contributed by atoms with van der Waals surface area (Å²) in [5, 5.41) is 11.7. The molecule has 1 amide bonds. The lowest BCUT2D eigenvalue weighted by atomic mass is 9.82. The predicted octanol–water partition coefficient (Wildman–Crippen LogP) is 1.69. The number of allylic oxidation sites excluding steroid dienone is 2. The fraction of sp³-hybridized carbons (Fsp3) is 0.375. The van der Waals surface area contributed by atoms with E-state index in [0.29, 0.717) is 6.42 Å². The van der Waals surface area contributed by atoms with Crippen LogP contribution < -0.4 is 5.32 Å². The van der Waals surface area contributed by atoms with Crippen molar-refractivity contribution in [3.8, 4) is 0 Å². The Morgan fingerprint density at radius 3 is 2.42 bits per heavy atom. The van der Waals surface area contributed by atoms with Gasteiger partial charge in [0.2, 0.25) is 5.91 Å². The highest BCUT2D eigenvalue weighted by Gasteiger charge is 2.51. The van der Waals surface area contributed by atoms with E-state index < -0.39 is 39.4 Å². The number of sulfone groups is 1. The van der Waals surface area contributed by atoms with Gasteiger partial charge in [-0.2, -0.15) is 0 Å². The Kier molecular flexibility index (Phi) is 3.95. The number of carboxylic acids is 1. The highest BCUT2D eigenvalue weighted by Crippen LogP contribution is 2.48. The van der Waals surface area contributed by atoms with Crippen LogP contribution in [-0.2, 0) is 19.4 Å². The van der Waals surface area contributed by atoms with E-state index in [2.05, 4.69) is 5.32 Å². The molecule has 6 nitrogen and oxygen atoms in total. The summed E-state index contributed by atoms with van der Waals surface area (Å²) in [6, 6.07) is 3.11. The second-order valence-electron chi connectivity index (χ2n) is 6.24. The number of carboxylic acid groups (broad SMARTS) is 1. The van der Waals surface area contributed by atoms with E-state index >= 15 is 0 Å². The molecule has 4 atom stereocenters. The number of anilines is 1. The molecule has 3 rings (SSSR count). The maximum Gasteiger partial charge on any atom is 0.307 e. The Morgan fingerprint density at radius 1 is 1.21 bits per heavy atom. The SMILES string of the molecule is CS(=O)(=O)c1ccc(F)c(NC(=O)[C@H]2[C@H](C(=O)O)[C@H]3C=C[C@H]2C3)c1. The number of amides is 1. The molecule has 128 valence electrons. The number of fused-ring (bicyclic) bond motifs is 2. The smallest absolute Gasteiger partial charge is 0.307 e. The molecule has 2 bridgehead atoms. The van der Waals surface area contributed by atoms with Crippen LogP contribution >= 0.6 is 0 Å². The molecule has 24 heavy (non-hydrogen) atoms. The highest BCUT2D eigenvalue weighted by atomic mass is 32.2. The van der Waals surface area contributed by atoms with E-state index in [1.165, 1.54) is 0 Å². The average molecular weight is 353 g/mol. The first-order valence-corrected chi connectivity index (χ1v) is 9.29. The molecule has 2 aliphatic carbocycles. The number of aliphatic carboxylic acids is 1. The maximum atomic E-state index is 13.9. The molecule has 2 aliphatic rings. The molecule has 1 saturated carbocycles. The van der Waals surface area contributed by atoms with Crippen LogP contribution in [0.3, 0.4) is 0 Å². The predicted molar refractivity (Wildman–Crippen MR) is 83.5 cm³/mol. The zero-order valence-corrected chi connectivity index (χ0v) is 13.6. The average Bonchev–Trinajstić information content (AvgIpc) is 3.08. The first-order chi connectivity index (χ1) is 11.2. The van der Waals surface area contributed by atoms with Crippen molar-refractivity contribution in [2.75, 3.05) is 11.6 Å². The lowest BCUT2D eigenvalue weighted by Crippen LogP contribution is -2.36. The Labute approximate surface area is 138 Å². The van der Waals surface area contributed by atoms with Crippen molar-refractivity contribution in [3.63, 3.8) is 0 Å². The largest absolute Gasteiger partial charge is 0.481 e. The van der Waals surface area contributed by atoms with Gasteiger partial charge in [0.15, 0.2) is 9.84 Å². The summed E-state index contributed by atoms with van der Waals surface area (Å²) in [5.74, 6) is -4.48. The molecular weight excluding hydrogens is 337 g/mol. The van der Waals surface area contributed by atoms with Crippen molar-refractivity contribution >= 4 is 27.4 Å². The van der Waals surface area contributed by atoms with Gasteiger partial charge in [0.05, 0.1) is 22.4 Å². The fourth-order valence-corrected chi connectivity index (χ4v) is 4.21. The highest BCUT2D eigenvalue weighted by molar-refractivity contribution is 7.90. The van der Waals surface area contributed by atoms with Crippen LogP contribution in [0.4, 0.5) is 10.1 Å². The number of benzene rings is 1. The Balaban J connectivity index is 1.88. The van der Waals surface area contributed by atoms with E-state index in [-0.39, 0.29) is 22.4 Å². The van der Waals surface area contributed by atoms with E-state index in [4.69, 9.17) is 0 Å². The minimum absolute atomic E-state index is 0.123. The second kappa shape index (κ2) is 5.70. The van der Waals surface area contributed by atoms with Crippen LogP contribution in [0, 0.1) is 29.5 Å². The molecule has 8 heteroatoms. The molecule has 0 radical (unpaired) electrons. The molecule has 1 fully saturated rings. The molecule has 0 saturated heterocycles. The lowest BCUT2D eigenvalue weighted by Gasteiger charge is -2.24. The summed E-state index contributed by atoms with van der Waals surface area (Å²) in [4.78, 5) is 23.8. The zero-order valence-electron chi connectivity index (χ0n) is 12.8. The van der Waals surface area contributed by atoms with E-state index in [1.54, 1.807) is 6.08 Å². The molecule has 1 aromatic rings. The monoisotopic (exact) mass is 353 g/mol. The van der Waals surface area contributed by atoms with Gasteiger partial charge in [0, 0.05) is 6.26 Å². The van der Waals surface area contributed by atoms with Gasteiger partial charge in [-0.05, 0) is 36.5 Å². The third-order valence-electron chi connectivity index (χ3n) is 4.67. The van der Waals surface area contributed by atoms with Crippen LogP contribution in [0.1, 0.15) is 6.42 Å². The van der Waals surface area contributed by atoms with Gasteiger partial charge in [0.25, 0.3) is 0 Å². The first kappa shape index (κ1) is 16.6. The van der Waals surface area contributed by atoms with Crippen LogP contribution in [-0.4, -0.2) is 31.7 Å². The Bertz CT molecular complexity index is 848. The number of hydrogen-bond acceptors (Lipinski definition) is 4. The maximum absolute atomic E-state index is 13.9. The van der Waals surface area contributed by atoms with Crippen molar-refractivity contribution in [1.29, 1.82) is 0 Å². The van der Waals surface area contributed by atoms with E-state index in [9.17, 15) is 27.5 Å². The molecular formula is C16H16FNO5S. The molecule has 0 aliphatic heterocycles. The molecule has 0 aromatic heterocycles. The second-order valence-corrected chi connectivity index (χ2v) is 8.26. The molecule has 1 aromatic carbocycles. The van der Waals surface area contributed by atoms with Gasteiger partial charge >= 0.3 is 5.97 Å². The third-order valence-corrected chi connectivity index (χ3v) is 5.78. The van der Waals surface area contributed by atoms with Gasteiger partial charge in [-0.1, -0.05) is 12.2 Å². The summed E-state index contributed by atoms with van der Waals surface area (Å²) in [7, 11) is -3.55. The van der Waals surface area contributed by atoms with Gasteiger partial charge in [-0.25, -0.2) is 12.8 Å². The number of rotatable bonds is 4. The van der Waals surface area contributed by atoms with Crippen LogP contribution in [0.25, 0.3) is 0 Å². The van der Waals surface area contributed by atoms with Crippen LogP contribution in [0.5, 0.6) is 0 Å². The van der Waals surface area contributed by atoms with Crippen molar-refractivity contribution in [3.05, 3.63) is 36.2 Å². The van der Waals surface area contributed by atoms with Gasteiger partial charge in [0.1, 0.15) is 5.82 Å². The number of halogens is 1. The van der Waals surface area contributed by atoms with Crippen molar-refractivity contribution in [1.82, 2.24) is 0 Å². The summed E-state index contributed by atoms with van der Waals surface area (Å²) < 4.78 is 37.0. The molecule has 0 unspecified atom stereocenters. The first-order valence-electron chi connectivity index (χ1n) is 7.40. The van der Waals surface area contributed by atoms with Gasteiger partial charge in [-0.3, -0.25) is 9.59 Å². The van der Waals surface area contributed by atoms with Crippen molar-refractivity contribution in [2.24, 2.45) is 23.7 Å². The quantitative estimate of drug-likeness (QED) is 0.634. The normalized spacial score (nSPS) is 28.1. The van der Waals surface area contributed by atoms with Crippen LogP contribution in [0.2, 0.25) is 0 Å². The summed E-state index contributed by atoms with van der Waals surface area (Å²) in [6.07, 6.45) is 5.18. The van der Waals surface area contributed by atoms with Crippen LogP contribution in [0.15, 0.2) is 35.2 Å². The summed E-state index contributed by atoms with van der Waals surface area (Å²) in [5.41, 5.74) is -0.265. The van der Waals surface area contributed by atoms with Crippen molar-refractivity contribution < 1.29 is 27.5 Å². The van der Waals surface area contributed by atoms with Gasteiger partial charge in [-0.15, -0.1) is 0 Å². The van der Waals surface area contributed by atoms with E-state index in [0.717, 1.165) is 24.5 Å². The minimum atomic E-state index is -3.55. The summed E-state index contributed by atoms with van der Waals surface area (Å²) in [6.45, 7) is 0. The van der Waals surface area contributed by atoms with Gasteiger partial charge < -0.3 is 10.4 Å². The molecule has 2 N–H and O–H groups in total. The third kappa shape index (κ3) is 2.82.